The molecular weight excluding hydrogens is 202 g/mol. The second-order valence-corrected chi connectivity index (χ2v) is 5.70. The molecule has 0 amide bonds. The average Bonchev–Trinajstić information content (AvgIpc) is 2.07. The van der Waals surface area contributed by atoms with Gasteiger partial charge in [0, 0.05) is 5.38 Å². The van der Waals surface area contributed by atoms with Crippen LogP contribution in [0.25, 0.3) is 0 Å². The highest BCUT2D eigenvalue weighted by Crippen LogP contribution is 2.30. The Morgan fingerprint density at radius 1 is 1.46 bits per heavy atom. The van der Waals surface area contributed by atoms with Gasteiger partial charge in [-0.05, 0) is 49.8 Å². The zero-order chi connectivity index (χ0) is 9.52. The van der Waals surface area contributed by atoms with Crippen molar-refractivity contribution in [2.24, 2.45) is 5.92 Å². The van der Waals surface area contributed by atoms with Gasteiger partial charge in [-0.25, -0.2) is 0 Å². The van der Waals surface area contributed by atoms with Crippen LogP contribution >= 0.6 is 23.4 Å². The summed E-state index contributed by atoms with van der Waals surface area (Å²) in [5, 5.41) is 3.97. The van der Waals surface area contributed by atoms with Gasteiger partial charge in [-0.15, -0.1) is 11.6 Å². The lowest BCUT2D eigenvalue weighted by Gasteiger charge is -2.30. The summed E-state index contributed by atoms with van der Waals surface area (Å²) in [5.74, 6) is 3.41. The van der Waals surface area contributed by atoms with E-state index in [1.54, 1.807) is 0 Å². The van der Waals surface area contributed by atoms with Crippen LogP contribution < -0.4 is 5.32 Å². The van der Waals surface area contributed by atoms with Gasteiger partial charge in [-0.2, -0.15) is 11.8 Å². The molecule has 1 rings (SSSR count). The standard InChI is InChI=1S/C10H20ClNS/c1-2-13-5-3-4-12-8-9-6-10(11)7-9/h9-10,12H,2-8H2,1H3. The molecule has 0 atom stereocenters. The van der Waals surface area contributed by atoms with Gasteiger partial charge in [0.25, 0.3) is 0 Å². The van der Waals surface area contributed by atoms with Crippen molar-refractivity contribution in [3.63, 3.8) is 0 Å². The minimum Gasteiger partial charge on any atom is -0.316 e. The molecule has 0 saturated heterocycles. The Kier molecular flexibility index (Phi) is 6.26. The predicted octanol–water partition coefficient (Wildman–Crippen LogP) is 2.74. The lowest BCUT2D eigenvalue weighted by molar-refractivity contribution is 0.309. The van der Waals surface area contributed by atoms with Crippen LogP contribution in [-0.4, -0.2) is 30.0 Å². The fourth-order valence-corrected chi connectivity index (χ4v) is 2.71. The summed E-state index contributed by atoms with van der Waals surface area (Å²) in [6.07, 6.45) is 3.74. The summed E-state index contributed by atoms with van der Waals surface area (Å²) in [6, 6.07) is 0. The molecule has 0 heterocycles. The van der Waals surface area contributed by atoms with E-state index in [9.17, 15) is 0 Å². The van der Waals surface area contributed by atoms with Crippen LogP contribution in [0.5, 0.6) is 0 Å². The van der Waals surface area contributed by atoms with Crippen LogP contribution in [0.1, 0.15) is 26.2 Å². The second kappa shape index (κ2) is 6.97. The van der Waals surface area contributed by atoms with Crippen molar-refractivity contribution in [1.29, 1.82) is 0 Å². The monoisotopic (exact) mass is 221 g/mol. The van der Waals surface area contributed by atoms with Crippen molar-refractivity contribution in [3.05, 3.63) is 0 Å². The van der Waals surface area contributed by atoms with Gasteiger partial charge < -0.3 is 5.32 Å². The third-order valence-electron chi connectivity index (χ3n) is 2.46. The summed E-state index contributed by atoms with van der Waals surface area (Å²) < 4.78 is 0. The summed E-state index contributed by atoms with van der Waals surface area (Å²) in [6.45, 7) is 4.57. The molecule has 1 N–H and O–H groups in total. The van der Waals surface area contributed by atoms with Crippen LogP contribution in [-0.2, 0) is 0 Å². The van der Waals surface area contributed by atoms with E-state index in [2.05, 4.69) is 12.2 Å². The lowest BCUT2D eigenvalue weighted by Crippen LogP contribution is -2.34. The van der Waals surface area contributed by atoms with Crippen molar-refractivity contribution in [1.82, 2.24) is 5.32 Å². The topological polar surface area (TPSA) is 12.0 Å². The summed E-state index contributed by atoms with van der Waals surface area (Å²) in [4.78, 5) is 0. The Morgan fingerprint density at radius 2 is 2.23 bits per heavy atom. The predicted molar refractivity (Wildman–Crippen MR) is 62.9 cm³/mol. The normalized spacial score (nSPS) is 27.2. The average molecular weight is 222 g/mol. The van der Waals surface area contributed by atoms with Crippen LogP contribution in [0, 0.1) is 5.92 Å². The minimum atomic E-state index is 0.474. The van der Waals surface area contributed by atoms with E-state index in [0.717, 1.165) is 5.92 Å². The van der Waals surface area contributed by atoms with Crippen LogP contribution in [0.2, 0.25) is 0 Å². The number of hydrogen-bond donors (Lipinski definition) is 1. The molecule has 78 valence electrons. The molecule has 0 spiro atoms. The highest BCUT2D eigenvalue weighted by atomic mass is 35.5. The van der Waals surface area contributed by atoms with Crippen LogP contribution in [0.3, 0.4) is 0 Å². The van der Waals surface area contributed by atoms with Gasteiger partial charge in [0.05, 0.1) is 0 Å². The molecule has 1 nitrogen and oxygen atoms in total. The van der Waals surface area contributed by atoms with E-state index in [0.29, 0.717) is 5.38 Å². The molecule has 0 aromatic carbocycles. The highest BCUT2D eigenvalue weighted by molar-refractivity contribution is 7.99. The number of thioether (sulfide) groups is 1. The number of hydrogen-bond acceptors (Lipinski definition) is 2. The molecule has 0 aliphatic heterocycles. The van der Waals surface area contributed by atoms with Crippen molar-refractivity contribution >= 4 is 23.4 Å². The SMILES string of the molecule is CCSCCCNCC1CC(Cl)C1. The summed E-state index contributed by atoms with van der Waals surface area (Å²) in [5.41, 5.74) is 0. The summed E-state index contributed by atoms with van der Waals surface area (Å²) >= 11 is 7.92. The Balaban J connectivity index is 1.74. The fourth-order valence-electron chi connectivity index (χ4n) is 1.57. The van der Waals surface area contributed by atoms with Gasteiger partial charge in [0.2, 0.25) is 0 Å². The molecule has 0 aromatic heterocycles. The Bertz CT molecular complexity index is 126. The van der Waals surface area contributed by atoms with Crippen molar-refractivity contribution in [2.75, 3.05) is 24.6 Å². The van der Waals surface area contributed by atoms with Gasteiger partial charge >= 0.3 is 0 Å². The number of alkyl halides is 1. The molecule has 13 heavy (non-hydrogen) atoms. The maximum Gasteiger partial charge on any atom is 0.0342 e. The molecule has 1 aliphatic carbocycles. The maximum atomic E-state index is 5.89. The van der Waals surface area contributed by atoms with Crippen molar-refractivity contribution in [2.45, 2.75) is 31.6 Å². The van der Waals surface area contributed by atoms with Crippen molar-refractivity contribution in [3.8, 4) is 0 Å². The third kappa shape index (κ3) is 5.14. The molecule has 0 aromatic rings. The number of halogens is 1. The van der Waals surface area contributed by atoms with Gasteiger partial charge in [-0.1, -0.05) is 6.92 Å². The molecule has 1 saturated carbocycles. The Labute approximate surface area is 91.0 Å². The molecule has 0 unspecified atom stereocenters. The minimum absolute atomic E-state index is 0.474. The molecule has 1 fully saturated rings. The van der Waals surface area contributed by atoms with Gasteiger partial charge in [-0.3, -0.25) is 0 Å². The van der Waals surface area contributed by atoms with Crippen LogP contribution in [0.4, 0.5) is 0 Å². The van der Waals surface area contributed by atoms with E-state index in [-0.39, 0.29) is 0 Å². The first kappa shape index (κ1) is 11.7. The van der Waals surface area contributed by atoms with Crippen LogP contribution in [0.15, 0.2) is 0 Å². The smallest absolute Gasteiger partial charge is 0.0342 e. The molecule has 3 heteroatoms. The molecule has 0 bridgehead atoms. The summed E-state index contributed by atoms with van der Waals surface area (Å²) in [7, 11) is 0. The number of rotatable bonds is 7. The molecule has 0 radical (unpaired) electrons. The van der Waals surface area contributed by atoms with E-state index in [1.807, 2.05) is 11.8 Å². The maximum absolute atomic E-state index is 5.89. The van der Waals surface area contributed by atoms with E-state index in [1.165, 1.54) is 43.9 Å². The lowest BCUT2D eigenvalue weighted by atomic mass is 9.85. The van der Waals surface area contributed by atoms with Gasteiger partial charge in [0.15, 0.2) is 0 Å². The first-order chi connectivity index (χ1) is 6.33. The molecular formula is C10H20ClNS. The Hall–Kier alpha value is 0.600. The highest BCUT2D eigenvalue weighted by Gasteiger charge is 2.26. The second-order valence-electron chi connectivity index (χ2n) is 3.69. The first-order valence-corrected chi connectivity index (χ1v) is 6.84. The zero-order valence-electron chi connectivity index (χ0n) is 8.39. The molecule has 1 aliphatic rings. The van der Waals surface area contributed by atoms with E-state index >= 15 is 0 Å². The van der Waals surface area contributed by atoms with Gasteiger partial charge in [0.1, 0.15) is 0 Å². The number of nitrogens with one attached hydrogen (secondary N) is 1. The Morgan fingerprint density at radius 3 is 2.85 bits per heavy atom. The van der Waals surface area contributed by atoms with E-state index < -0.39 is 0 Å². The third-order valence-corrected chi connectivity index (χ3v) is 3.80. The van der Waals surface area contributed by atoms with Crippen molar-refractivity contribution < 1.29 is 0 Å². The zero-order valence-corrected chi connectivity index (χ0v) is 9.96. The quantitative estimate of drug-likeness (QED) is 0.524. The fraction of sp³-hybridized carbons (Fsp3) is 1.00. The van der Waals surface area contributed by atoms with E-state index in [4.69, 9.17) is 11.6 Å². The largest absolute Gasteiger partial charge is 0.316 e. The first-order valence-electron chi connectivity index (χ1n) is 5.25.